The molecule has 1 aliphatic rings. The zero-order valence-electron chi connectivity index (χ0n) is 12.5. The molecule has 19 heavy (non-hydrogen) atoms. The van der Waals surface area contributed by atoms with Crippen LogP contribution in [0.5, 0.6) is 0 Å². The van der Waals surface area contributed by atoms with Crippen LogP contribution in [0.3, 0.4) is 0 Å². The van der Waals surface area contributed by atoms with E-state index in [-0.39, 0.29) is 0 Å². The molecule has 0 bridgehead atoms. The van der Waals surface area contributed by atoms with Crippen molar-refractivity contribution < 1.29 is 0 Å². The molecule has 1 fully saturated rings. The Kier molecular flexibility index (Phi) is 5.87. The van der Waals surface area contributed by atoms with Crippen LogP contribution in [0.2, 0.25) is 0 Å². The molecule has 0 amide bonds. The Labute approximate surface area is 118 Å². The van der Waals surface area contributed by atoms with Gasteiger partial charge in [-0.25, -0.2) is 0 Å². The maximum atomic E-state index is 3.44. The molecule has 1 aliphatic heterocycles. The lowest BCUT2D eigenvalue weighted by molar-refractivity contribution is 0.164. The van der Waals surface area contributed by atoms with Crippen molar-refractivity contribution >= 4 is 0 Å². The Balaban J connectivity index is 1.97. The Bertz CT molecular complexity index is 375. The Hall–Kier alpha value is -0.860. The van der Waals surface area contributed by atoms with Gasteiger partial charge in [-0.1, -0.05) is 44.5 Å². The van der Waals surface area contributed by atoms with Crippen molar-refractivity contribution in [2.75, 3.05) is 19.6 Å². The fourth-order valence-electron chi connectivity index (χ4n) is 3.01. The van der Waals surface area contributed by atoms with Crippen molar-refractivity contribution in [3.05, 3.63) is 35.4 Å². The van der Waals surface area contributed by atoms with E-state index in [1.807, 2.05) is 0 Å². The summed E-state index contributed by atoms with van der Waals surface area (Å²) in [6, 6.07) is 8.88. The highest BCUT2D eigenvalue weighted by Crippen LogP contribution is 2.21. The molecule has 0 spiro atoms. The second-order valence-corrected chi connectivity index (χ2v) is 5.70. The van der Waals surface area contributed by atoms with E-state index in [0.29, 0.717) is 0 Å². The van der Waals surface area contributed by atoms with E-state index in [4.69, 9.17) is 0 Å². The fourth-order valence-corrected chi connectivity index (χ4v) is 3.01. The zero-order chi connectivity index (χ0) is 13.5. The summed E-state index contributed by atoms with van der Waals surface area (Å²) in [5.74, 6) is 0.912. The molecular weight excluding hydrogens is 232 g/mol. The van der Waals surface area contributed by atoms with Gasteiger partial charge in [0.25, 0.3) is 0 Å². The third-order valence-electron chi connectivity index (χ3n) is 4.26. The first-order valence-electron chi connectivity index (χ1n) is 7.83. The summed E-state index contributed by atoms with van der Waals surface area (Å²) < 4.78 is 0. The second-order valence-electron chi connectivity index (χ2n) is 5.70. The van der Waals surface area contributed by atoms with Crippen molar-refractivity contribution in [3.8, 4) is 0 Å². The third-order valence-corrected chi connectivity index (χ3v) is 4.26. The summed E-state index contributed by atoms with van der Waals surface area (Å²) in [5.41, 5.74) is 2.96. The first-order valence-corrected chi connectivity index (χ1v) is 7.83. The van der Waals surface area contributed by atoms with Gasteiger partial charge in [0.1, 0.15) is 0 Å². The first kappa shape index (κ1) is 14.5. The maximum absolute atomic E-state index is 3.44. The molecule has 1 unspecified atom stereocenters. The van der Waals surface area contributed by atoms with Crippen LogP contribution in [0.15, 0.2) is 24.3 Å². The summed E-state index contributed by atoms with van der Waals surface area (Å²) in [6.45, 7) is 10.2. The average Bonchev–Trinajstić information content (AvgIpc) is 2.46. The minimum Gasteiger partial charge on any atom is -0.313 e. The summed E-state index contributed by atoms with van der Waals surface area (Å²) in [7, 11) is 0. The number of piperidine rings is 1. The summed E-state index contributed by atoms with van der Waals surface area (Å²) in [4.78, 5) is 2.64. The van der Waals surface area contributed by atoms with Crippen LogP contribution in [-0.4, -0.2) is 24.5 Å². The van der Waals surface area contributed by atoms with Crippen molar-refractivity contribution in [1.82, 2.24) is 10.2 Å². The Morgan fingerprint density at radius 3 is 2.74 bits per heavy atom. The number of rotatable bonds is 6. The monoisotopic (exact) mass is 260 g/mol. The van der Waals surface area contributed by atoms with E-state index in [2.05, 4.69) is 48.3 Å². The van der Waals surface area contributed by atoms with E-state index in [1.165, 1.54) is 43.5 Å². The van der Waals surface area contributed by atoms with Gasteiger partial charge in [-0.2, -0.15) is 0 Å². The maximum Gasteiger partial charge on any atom is 0.0237 e. The number of hydrogen-bond acceptors (Lipinski definition) is 2. The van der Waals surface area contributed by atoms with Gasteiger partial charge in [0, 0.05) is 19.6 Å². The van der Waals surface area contributed by atoms with Crippen LogP contribution in [0.25, 0.3) is 0 Å². The third kappa shape index (κ3) is 4.32. The van der Waals surface area contributed by atoms with Crippen molar-refractivity contribution in [3.63, 3.8) is 0 Å². The lowest BCUT2D eigenvalue weighted by Crippen LogP contribution is -2.35. The summed E-state index contributed by atoms with van der Waals surface area (Å²) in [6.07, 6.45) is 4.12. The van der Waals surface area contributed by atoms with Crippen LogP contribution in [-0.2, 0) is 13.1 Å². The van der Waals surface area contributed by atoms with Crippen LogP contribution in [0.4, 0.5) is 0 Å². The van der Waals surface area contributed by atoms with Crippen molar-refractivity contribution in [2.24, 2.45) is 5.92 Å². The molecule has 2 heteroatoms. The van der Waals surface area contributed by atoms with E-state index in [9.17, 15) is 0 Å². The molecule has 1 saturated heterocycles. The lowest BCUT2D eigenvalue weighted by Gasteiger charge is -2.32. The van der Waals surface area contributed by atoms with E-state index in [0.717, 1.165) is 25.6 Å². The number of likely N-dealkylation sites (tertiary alicyclic amines) is 1. The average molecular weight is 260 g/mol. The topological polar surface area (TPSA) is 15.3 Å². The molecule has 0 aliphatic carbocycles. The van der Waals surface area contributed by atoms with E-state index < -0.39 is 0 Å². The standard InChI is InChI=1S/C17H28N2/c1-3-15-8-7-11-19(13-15)14-17-10-6-5-9-16(17)12-18-4-2/h5-6,9-10,15,18H,3-4,7-8,11-14H2,1-2H3. The quantitative estimate of drug-likeness (QED) is 0.843. The normalized spacial score (nSPS) is 20.6. The van der Waals surface area contributed by atoms with Gasteiger partial charge in [0.05, 0.1) is 0 Å². The predicted molar refractivity (Wildman–Crippen MR) is 82.1 cm³/mol. The highest BCUT2D eigenvalue weighted by molar-refractivity contribution is 5.27. The highest BCUT2D eigenvalue weighted by Gasteiger charge is 2.18. The van der Waals surface area contributed by atoms with E-state index in [1.54, 1.807) is 0 Å². The molecule has 1 atom stereocenters. The molecule has 1 N–H and O–H groups in total. The predicted octanol–water partition coefficient (Wildman–Crippen LogP) is 3.42. The van der Waals surface area contributed by atoms with Crippen molar-refractivity contribution in [1.29, 1.82) is 0 Å². The molecule has 1 aromatic rings. The summed E-state index contributed by atoms with van der Waals surface area (Å²) >= 11 is 0. The van der Waals surface area contributed by atoms with Gasteiger partial charge in [-0.3, -0.25) is 4.90 Å². The van der Waals surface area contributed by atoms with E-state index >= 15 is 0 Å². The van der Waals surface area contributed by atoms with Gasteiger partial charge >= 0.3 is 0 Å². The highest BCUT2D eigenvalue weighted by atomic mass is 15.1. The molecule has 1 heterocycles. The Morgan fingerprint density at radius 2 is 2.00 bits per heavy atom. The molecule has 2 nitrogen and oxygen atoms in total. The molecule has 1 aromatic carbocycles. The fraction of sp³-hybridized carbons (Fsp3) is 0.647. The van der Waals surface area contributed by atoms with Crippen LogP contribution < -0.4 is 5.32 Å². The van der Waals surface area contributed by atoms with Crippen LogP contribution in [0.1, 0.15) is 44.2 Å². The smallest absolute Gasteiger partial charge is 0.0237 e. The van der Waals surface area contributed by atoms with Gasteiger partial charge < -0.3 is 5.32 Å². The number of nitrogens with one attached hydrogen (secondary N) is 1. The largest absolute Gasteiger partial charge is 0.313 e. The van der Waals surface area contributed by atoms with Gasteiger partial charge in [0.2, 0.25) is 0 Å². The number of benzene rings is 1. The lowest BCUT2D eigenvalue weighted by atomic mass is 9.95. The molecule has 0 aromatic heterocycles. The van der Waals surface area contributed by atoms with Gasteiger partial charge in [-0.15, -0.1) is 0 Å². The van der Waals surface area contributed by atoms with Crippen molar-refractivity contribution in [2.45, 2.75) is 46.2 Å². The minimum absolute atomic E-state index is 0.912. The van der Waals surface area contributed by atoms with Gasteiger partial charge in [-0.05, 0) is 43.0 Å². The minimum atomic E-state index is 0.912. The Morgan fingerprint density at radius 1 is 1.21 bits per heavy atom. The van der Waals surface area contributed by atoms with Gasteiger partial charge in [0.15, 0.2) is 0 Å². The van der Waals surface area contributed by atoms with Crippen LogP contribution >= 0.6 is 0 Å². The second kappa shape index (κ2) is 7.66. The SMILES string of the molecule is CCNCc1ccccc1CN1CCCC(CC)C1. The molecule has 0 saturated carbocycles. The molecular formula is C17H28N2. The summed E-state index contributed by atoms with van der Waals surface area (Å²) in [5, 5.41) is 3.44. The number of nitrogens with zero attached hydrogens (tertiary/aromatic N) is 1. The zero-order valence-corrected chi connectivity index (χ0v) is 12.5. The number of hydrogen-bond donors (Lipinski definition) is 1. The first-order chi connectivity index (χ1) is 9.33. The molecule has 2 rings (SSSR count). The molecule has 106 valence electrons. The molecule has 0 radical (unpaired) electrons. The van der Waals surface area contributed by atoms with Crippen LogP contribution in [0, 0.1) is 5.92 Å².